The van der Waals surface area contributed by atoms with E-state index in [4.69, 9.17) is 23.6 Å². The second-order valence-corrected chi connectivity index (χ2v) is 13.1. The maximum absolute atomic E-state index is 13.4. The number of aromatic nitrogens is 1. The predicted molar refractivity (Wildman–Crippen MR) is 207 cm³/mol. The molecule has 0 fully saturated rings. The fraction of sp³-hybridized carbons (Fsp3) is 0.196. The smallest absolute Gasteiger partial charge is 0.347 e. The van der Waals surface area contributed by atoms with Gasteiger partial charge in [0.25, 0.3) is 0 Å². The van der Waals surface area contributed by atoms with Crippen LogP contribution in [0.15, 0.2) is 126 Å². The molecule has 0 amide bonds. The highest BCUT2D eigenvalue weighted by Gasteiger charge is 2.22. The quantitative estimate of drug-likeness (QED) is 0.103. The first-order valence-corrected chi connectivity index (χ1v) is 18.2. The number of rotatable bonds is 14. The fourth-order valence-corrected chi connectivity index (χ4v) is 6.49. The van der Waals surface area contributed by atoms with Crippen molar-refractivity contribution < 1.29 is 32.6 Å². The van der Waals surface area contributed by atoms with Crippen LogP contribution >= 0.6 is 0 Å². The number of hydrogen-bond donors (Lipinski definition) is 0. The van der Waals surface area contributed by atoms with Gasteiger partial charge in [-0.2, -0.15) is 0 Å². The molecule has 0 spiro atoms. The summed E-state index contributed by atoms with van der Waals surface area (Å²) < 4.78 is 37.2. The highest BCUT2D eigenvalue weighted by Crippen LogP contribution is 2.33. The molecule has 7 rings (SSSR count). The third kappa shape index (κ3) is 8.50. The van der Waals surface area contributed by atoms with E-state index >= 15 is 0 Å². The van der Waals surface area contributed by atoms with Crippen LogP contribution in [0.3, 0.4) is 0 Å². The number of Topliss-reactive ketones (excluding diaryl/α,β-unsaturated/α-hetero) is 1. The van der Waals surface area contributed by atoms with E-state index in [1.165, 1.54) is 12.1 Å². The summed E-state index contributed by atoms with van der Waals surface area (Å²) in [6.07, 6.45) is 5.35. The van der Waals surface area contributed by atoms with Gasteiger partial charge in [0, 0.05) is 23.1 Å². The number of aryl methyl sites for hydroxylation is 2. The number of nitrogens with zero attached hydrogens (tertiary/aromatic N) is 1. The van der Waals surface area contributed by atoms with E-state index in [2.05, 4.69) is 12.1 Å². The Balaban J connectivity index is 1.09. The van der Waals surface area contributed by atoms with E-state index in [1.807, 2.05) is 85.8 Å². The zero-order chi connectivity index (χ0) is 37.4. The van der Waals surface area contributed by atoms with E-state index in [0.29, 0.717) is 48.1 Å². The van der Waals surface area contributed by atoms with Gasteiger partial charge in [-0.1, -0.05) is 78.9 Å². The summed E-state index contributed by atoms with van der Waals surface area (Å²) in [5.74, 6) is 1.88. The molecule has 1 aliphatic carbocycles. The SMILES string of the molecule is CCOC(=O)C(CC/C=C/c1cc(-c2ccc3c(c2)CCC3=O)ccc1OCc1nc(-c2ccccc2)oc1C)Oc1ccc(-c2ccc(F)cc2)cc1. The van der Waals surface area contributed by atoms with E-state index in [9.17, 15) is 14.0 Å². The van der Waals surface area contributed by atoms with Crippen LogP contribution in [0.25, 0.3) is 39.8 Å². The van der Waals surface area contributed by atoms with Gasteiger partial charge in [0.1, 0.15) is 35.4 Å². The Kier molecular flexibility index (Phi) is 11.1. The predicted octanol–water partition coefficient (Wildman–Crippen LogP) is 10.6. The maximum Gasteiger partial charge on any atom is 0.347 e. The first-order valence-electron chi connectivity index (χ1n) is 18.2. The summed E-state index contributed by atoms with van der Waals surface area (Å²) in [7, 11) is 0. The number of ketones is 1. The standard InChI is InChI=1S/C46H40FNO6/c1-3-51-46(50)44(54-39-22-15-32(16-23-39)31-13-20-38(47)21-14-31)12-8-7-11-37-28-35(34-17-24-40-36(27-34)18-25-42(40)49)19-26-43(37)52-29-41-30(2)53-45(48-41)33-9-5-4-6-10-33/h4-7,9-11,13-17,19-24,26-28,44H,3,8,12,18,25,29H2,1-2H3/b11-7+. The molecule has 6 aromatic rings. The topological polar surface area (TPSA) is 87.9 Å². The minimum atomic E-state index is -0.823. The van der Waals surface area contributed by atoms with Crippen molar-refractivity contribution in [2.45, 2.75) is 52.2 Å². The minimum absolute atomic E-state index is 0.189. The lowest BCUT2D eigenvalue weighted by molar-refractivity contribution is -0.151. The molecule has 0 radical (unpaired) electrons. The largest absolute Gasteiger partial charge is 0.487 e. The van der Waals surface area contributed by atoms with Gasteiger partial charge in [-0.3, -0.25) is 4.79 Å². The number of hydrogen-bond acceptors (Lipinski definition) is 7. The van der Waals surface area contributed by atoms with Gasteiger partial charge in [0.2, 0.25) is 5.89 Å². The van der Waals surface area contributed by atoms with Crippen LogP contribution in [0.5, 0.6) is 11.5 Å². The third-order valence-corrected chi connectivity index (χ3v) is 9.40. The Labute approximate surface area is 314 Å². The van der Waals surface area contributed by atoms with Crippen molar-refractivity contribution in [1.82, 2.24) is 4.98 Å². The number of ether oxygens (including phenoxy) is 3. The average molecular weight is 722 g/mol. The van der Waals surface area contributed by atoms with Crippen LogP contribution in [-0.2, 0) is 22.6 Å². The lowest BCUT2D eigenvalue weighted by atomic mass is 9.98. The van der Waals surface area contributed by atoms with Crippen molar-refractivity contribution in [2.24, 2.45) is 0 Å². The molecule has 272 valence electrons. The number of benzene rings is 5. The molecule has 1 aromatic heterocycles. The van der Waals surface area contributed by atoms with Crippen molar-refractivity contribution >= 4 is 17.8 Å². The molecular formula is C46H40FNO6. The molecule has 0 aliphatic heterocycles. The van der Waals surface area contributed by atoms with Crippen molar-refractivity contribution in [2.75, 3.05) is 6.61 Å². The molecule has 1 atom stereocenters. The first kappa shape index (κ1) is 36.1. The summed E-state index contributed by atoms with van der Waals surface area (Å²) in [5, 5.41) is 0. The van der Waals surface area contributed by atoms with Crippen LogP contribution in [0.1, 0.15) is 59.1 Å². The van der Waals surface area contributed by atoms with Crippen LogP contribution in [-0.4, -0.2) is 29.4 Å². The molecule has 54 heavy (non-hydrogen) atoms. The lowest BCUT2D eigenvalue weighted by Crippen LogP contribution is -2.29. The molecule has 1 heterocycles. The third-order valence-electron chi connectivity index (χ3n) is 9.40. The second kappa shape index (κ2) is 16.6. The Hall–Kier alpha value is -6.28. The summed E-state index contributed by atoms with van der Waals surface area (Å²) in [4.78, 5) is 29.9. The molecule has 8 heteroatoms. The summed E-state index contributed by atoms with van der Waals surface area (Å²) in [5.41, 5.74) is 8.11. The first-order chi connectivity index (χ1) is 26.3. The molecule has 0 saturated heterocycles. The Morgan fingerprint density at radius 1 is 0.852 bits per heavy atom. The van der Waals surface area contributed by atoms with Crippen LogP contribution in [0.4, 0.5) is 4.39 Å². The number of carbonyl (C=O) groups excluding carboxylic acids is 2. The van der Waals surface area contributed by atoms with Gasteiger partial charge < -0.3 is 18.6 Å². The number of oxazole rings is 1. The zero-order valence-electron chi connectivity index (χ0n) is 30.2. The highest BCUT2D eigenvalue weighted by atomic mass is 19.1. The molecule has 1 aliphatic rings. The Morgan fingerprint density at radius 2 is 1.56 bits per heavy atom. The summed E-state index contributed by atoms with van der Waals surface area (Å²) in [6.45, 7) is 4.09. The Bertz CT molecular complexity index is 2280. The number of allylic oxidation sites excluding steroid dienone is 1. The summed E-state index contributed by atoms with van der Waals surface area (Å²) >= 11 is 0. The molecule has 0 bridgehead atoms. The van der Waals surface area contributed by atoms with Crippen LogP contribution in [0, 0.1) is 12.7 Å². The van der Waals surface area contributed by atoms with Crippen molar-refractivity contribution in [3.05, 3.63) is 155 Å². The van der Waals surface area contributed by atoms with E-state index in [-0.39, 0.29) is 24.8 Å². The minimum Gasteiger partial charge on any atom is -0.487 e. The van der Waals surface area contributed by atoms with Gasteiger partial charge in [-0.05, 0) is 109 Å². The van der Waals surface area contributed by atoms with E-state index in [0.717, 1.165) is 50.9 Å². The van der Waals surface area contributed by atoms with Crippen LogP contribution < -0.4 is 9.47 Å². The monoisotopic (exact) mass is 721 g/mol. The molecule has 7 nitrogen and oxygen atoms in total. The maximum atomic E-state index is 13.4. The van der Waals surface area contributed by atoms with Gasteiger partial charge in [0.05, 0.1) is 6.61 Å². The number of esters is 1. The van der Waals surface area contributed by atoms with Gasteiger partial charge in [0.15, 0.2) is 11.9 Å². The molecule has 1 unspecified atom stereocenters. The van der Waals surface area contributed by atoms with E-state index in [1.54, 1.807) is 31.2 Å². The molecule has 5 aromatic carbocycles. The van der Waals surface area contributed by atoms with Crippen LogP contribution in [0.2, 0.25) is 0 Å². The highest BCUT2D eigenvalue weighted by molar-refractivity contribution is 6.01. The number of fused-ring (bicyclic) bond motifs is 1. The summed E-state index contributed by atoms with van der Waals surface area (Å²) in [6, 6.07) is 35.4. The number of carbonyl (C=O) groups is 2. The molecule has 0 saturated carbocycles. The molecule has 0 N–H and O–H groups in total. The normalized spacial score (nSPS) is 12.8. The molecular weight excluding hydrogens is 682 g/mol. The fourth-order valence-electron chi connectivity index (χ4n) is 6.49. The van der Waals surface area contributed by atoms with Crippen molar-refractivity contribution in [3.8, 4) is 45.2 Å². The van der Waals surface area contributed by atoms with Crippen molar-refractivity contribution in [1.29, 1.82) is 0 Å². The zero-order valence-corrected chi connectivity index (χ0v) is 30.2. The Morgan fingerprint density at radius 3 is 2.31 bits per heavy atom. The number of halogens is 1. The average Bonchev–Trinajstić information content (AvgIpc) is 3.77. The lowest BCUT2D eigenvalue weighted by Gasteiger charge is -2.17. The van der Waals surface area contributed by atoms with Crippen molar-refractivity contribution in [3.63, 3.8) is 0 Å². The van der Waals surface area contributed by atoms with Gasteiger partial charge in [-0.15, -0.1) is 0 Å². The second-order valence-electron chi connectivity index (χ2n) is 13.1. The van der Waals surface area contributed by atoms with Gasteiger partial charge in [-0.25, -0.2) is 14.2 Å². The van der Waals surface area contributed by atoms with E-state index < -0.39 is 12.1 Å². The van der Waals surface area contributed by atoms with Gasteiger partial charge >= 0.3 is 5.97 Å².